The van der Waals surface area contributed by atoms with Gasteiger partial charge < -0.3 is 10.8 Å². The molecule has 2 aromatic rings. The summed E-state index contributed by atoms with van der Waals surface area (Å²) >= 11 is 4.45. The highest BCUT2D eigenvalue weighted by molar-refractivity contribution is 9.10. The van der Waals surface area contributed by atoms with Crippen molar-refractivity contribution in [3.8, 4) is 0 Å². The molecule has 28 heavy (non-hydrogen) atoms. The zero-order valence-corrected chi connectivity index (χ0v) is 19.6. The Morgan fingerprint density at radius 2 is 1.79 bits per heavy atom. The normalized spacial score (nSPS) is 12.3. The zero-order chi connectivity index (χ0) is 21.8. The molecule has 0 spiro atoms. The topological polar surface area (TPSA) is 129 Å². The van der Waals surface area contributed by atoms with E-state index in [1.807, 2.05) is 34.6 Å². The second-order valence-corrected chi connectivity index (χ2v) is 8.83. The molecule has 0 bridgehead atoms. The van der Waals surface area contributed by atoms with Crippen LogP contribution in [0, 0.1) is 6.92 Å². The first kappa shape index (κ1) is 24.2. The number of nitrogens with one attached hydrogen (secondary N) is 1. The lowest BCUT2D eigenvalue weighted by molar-refractivity contribution is 0.486. The van der Waals surface area contributed by atoms with Crippen LogP contribution < -0.4 is 22.7 Å². The van der Waals surface area contributed by atoms with Crippen molar-refractivity contribution in [2.75, 3.05) is 12.1 Å². The van der Waals surface area contributed by atoms with Gasteiger partial charge in [-0.2, -0.15) is 4.68 Å². The van der Waals surface area contributed by atoms with Crippen LogP contribution in [0.3, 0.4) is 0 Å². The summed E-state index contributed by atoms with van der Waals surface area (Å²) in [6.07, 6.45) is 2.54. The third-order valence-electron chi connectivity index (χ3n) is 4.04. The van der Waals surface area contributed by atoms with Gasteiger partial charge in [0.05, 0.1) is 0 Å². The van der Waals surface area contributed by atoms with Crippen LogP contribution >= 0.6 is 27.7 Å². The summed E-state index contributed by atoms with van der Waals surface area (Å²) in [6, 6.07) is -0.0804. The minimum absolute atomic E-state index is 0.0804. The summed E-state index contributed by atoms with van der Waals surface area (Å²) in [5.74, 6) is 5.57. The van der Waals surface area contributed by atoms with E-state index < -0.39 is 0 Å². The molecular formula is C17H27BrN6O3S. The number of aryl methyl sites for hydroxylation is 1. The van der Waals surface area contributed by atoms with Crippen molar-refractivity contribution >= 4 is 27.7 Å². The number of nitrogen functional groups attached to an aromatic ring is 1. The Hall–Kier alpha value is -1.88. The predicted octanol–water partition coefficient (Wildman–Crippen LogP) is 1.95. The fourth-order valence-corrected chi connectivity index (χ4v) is 2.90. The van der Waals surface area contributed by atoms with E-state index in [4.69, 9.17) is 5.84 Å². The first-order valence-corrected chi connectivity index (χ1v) is 10.7. The van der Waals surface area contributed by atoms with Crippen molar-refractivity contribution in [1.29, 1.82) is 0 Å². The van der Waals surface area contributed by atoms with Gasteiger partial charge in [0, 0.05) is 17.2 Å². The van der Waals surface area contributed by atoms with Gasteiger partial charge in [0.25, 0.3) is 11.1 Å². The minimum Gasteiger partial charge on any atom is -0.334 e. The van der Waals surface area contributed by atoms with E-state index in [1.54, 1.807) is 13.2 Å². The molecule has 2 aromatic heterocycles. The highest BCUT2D eigenvalue weighted by Gasteiger charge is 2.22. The number of thioether (sulfide) groups is 1. The number of halogens is 1. The summed E-state index contributed by atoms with van der Waals surface area (Å²) in [5.41, 5.74) is -0.262. The molecule has 2 rings (SSSR count). The van der Waals surface area contributed by atoms with E-state index in [9.17, 15) is 14.4 Å². The quantitative estimate of drug-likeness (QED) is 0.513. The molecule has 0 saturated carbocycles. The van der Waals surface area contributed by atoms with Gasteiger partial charge in [0.2, 0.25) is 5.16 Å². The maximum absolute atomic E-state index is 11.7. The van der Waals surface area contributed by atoms with E-state index in [2.05, 4.69) is 31.1 Å². The van der Waals surface area contributed by atoms with Crippen LogP contribution in [0.25, 0.3) is 0 Å². The monoisotopic (exact) mass is 474 g/mol. The Labute approximate surface area is 175 Å². The minimum atomic E-state index is -0.343. The van der Waals surface area contributed by atoms with Crippen LogP contribution in [0.2, 0.25) is 0 Å². The Morgan fingerprint density at radius 1 is 1.21 bits per heavy atom. The number of rotatable bonds is 3. The van der Waals surface area contributed by atoms with Crippen molar-refractivity contribution < 1.29 is 0 Å². The molecule has 0 aliphatic heterocycles. The molecule has 0 aromatic carbocycles. The molecule has 2 heterocycles. The highest BCUT2D eigenvalue weighted by atomic mass is 79.9. The largest absolute Gasteiger partial charge is 0.334 e. The molecule has 0 fully saturated rings. The van der Waals surface area contributed by atoms with Crippen LogP contribution in [0.4, 0.5) is 0 Å². The van der Waals surface area contributed by atoms with Crippen molar-refractivity contribution in [2.45, 2.75) is 64.6 Å². The highest BCUT2D eigenvalue weighted by Crippen LogP contribution is 2.16. The second-order valence-electron chi connectivity index (χ2n) is 7.26. The van der Waals surface area contributed by atoms with Crippen molar-refractivity contribution in [3.05, 3.63) is 47.1 Å². The molecule has 0 aliphatic carbocycles. The van der Waals surface area contributed by atoms with Gasteiger partial charge in [-0.25, -0.2) is 4.79 Å². The number of nitrogens with two attached hydrogens (primary N) is 1. The molecule has 0 aliphatic rings. The first-order valence-electron chi connectivity index (χ1n) is 8.66. The standard InChI is InChI=1S/C9H13BrN2O2.C8H14N4OS/c1-4-5(2)12-8(13)7(10)6(3)11-9(12)14;1-8(2,3)5-6(13)12(9)7(14-4)11-10-5/h5H,4H2,1-3H3,(H,11,14);9H2,1-4H3. The van der Waals surface area contributed by atoms with Gasteiger partial charge in [-0.15, -0.1) is 10.2 Å². The van der Waals surface area contributed by atoms with Gasteiger partial charge in [-0.05, 0) is 42.5 Å². The second kappa shape index (κ2) is 9.55. The van der Waals surface area contributed by atoms with Gasteiger partial charge in [0.15, 0.2) is 0 Å². The average Bonchev–Trinajstić information content (AvgIpc) is 2.61. The molecule has 1 atom stereocenters. The lowest BCUT2D eigenvalue weighted by Gasteiger charge is -2.16. The summed E-state index contributed by atoms with van der Waals surface area (Å²) in [6.45, 7) is 11.2. The van der Waals surface area contributed by atoms with E-state index in [0.29, 0.717) is 21.0 Å². The Morgan fingerprint density at radius 3 is 2.25 bits per heavy atom. The summed E-state index contributed by atoms with van der Waals surface area (Å²) in [4.78, 5) is 37.5. The first-order chi connectivity index (χ1) is 12.9. The third kappa shape index (κ3) is 5.34. The van der Waals surface area contributed by atoms with Crippen molar-refractivity contribution in [1.82, 2.24) is 24.4 Å². The fourth-order valence-electron chi connectivity index (χ4n) is 2.21. The van der Waals surface area contributed by atoms with Crippen LogP contribution in [0.15, 0.2) is 24.0 Å². The predicted molar refractivity (Wildman–Crippen MR) is 116 cm³/mol. The Kier molecular flexibility index (Phi) is 8.24. The molecular weight excluding hydrogens is 448 g/mol. The lowest BCUT2D eigenvalue weighted by Crippen LogP contribution is -2.38. The van der Waals surface area contributed by atoms with E-state index >= 15 is 0 Å². The van der Waals surface area contributed by atoms with E-state index in [-0.39, 0.29) is 28.3 Å². The smallest absolute Gasteiger partial charge is 0.328 e. The maximum atomic E-state index is 11.7. The number of nitrogens with zero attached hydrogens (tertiary/aromatic N) is 4. The van der Waals surface area contributed by atoms with E-state index in [1.165, 1.54) is 16.3 Å². The number of H-pyrrole nitrogens is 1. The lowest BCUT2D eigenvalue weighted by atomic mass is 9.93. The van der Waals surface area contributed by atoms with Gasteiger partial charge in [0.1, 0.15) is 10.2 Å². The molecule has 0 amide bonds. The van der Waals surface area contributed by atoms with Gasteiger partial charge in [-0.1, -0.05) is 39.5 Å². The van der Waals surface area contributed by atoms with E-state index in [0.717, 1.165) is 11.1 Å². The summed E-state index contributed by atoms with van der Waals surface area (Å²) < 4.78 is 2.70. The number of aromatic nitrogens is 5. The van der Waals surface area contributed by atoms with Gasteiger partial charge in [-0.3, -0.25) is 14.2 Å². The van der Waals surface area contributed by atoms with Crippen molar-refractivity contribution in [3.63, 3.8) is 0 Å². The zero-order valence-electron chi connectivity index (χ0n) is 17.2. The molecule has 1 unspecified atom stereocenters. The molecule has 0 radical (unpaired) electrons. The molecule has 0 saturated heterocycles. The molecule has 11 heteroatoms. The number of aromatic amines is 1. The maximum Gasteiger partial charge on any atom is 0.328 e. The SMILES string of the molecule is CCC(C)n1c(=O)[nH]c(C)c(Br)c1=O.CSc1nnc(C(C)(C)C)c(=O)n1N. The van der Waals surface area contributed by atoms with Crippen LogP contribution in [-0.4, -0.2) is 30.7 Å². The van der Waals surface area contributed by atoms with Crippen LogP contribution in [-0.2, 0) is 5.41 Å². The van der Waals surface area contributed by atoms with Gasteiger partial charge >= 0.3 is 5.69 Å². The average molecular weight is 475 g/mol. The fraction of sp³-hybridized carbons (Fsp3) is 0.588. The van der Waals surface area contributed by atoms with Crippen molar-refractivity contribution in [2.24, 2.45) is 0 Å². The summed E-state index contributed by atoms with van der Waals surface area (Å²) in [5, 5.41) is 8.19. The van der Waals surface area contributed by atoms with Crippen LogP contribution in [0.5, 0.6) is 0 Å². The number of hydrogen-bond acceptors (Lipinski definition) is 7. The molecule has 156 valence electrons. The Balaban J connectivity index is 0.000000280. The van der Waals surface area contributed by atoms with Crippen LogP contribution in [0.1, 0.15) is 58.5 Å². The Bertz CT molecular complexity index is 1010. The number of hydrogen-bond donors (Lipinski definition) is 2. The third-order valence-corrected chi connectivity index (χ3v) is 5.61. The molecule has 3 N–H and O–H groups in total. The summed E-state index contributed by atoms with van der Waals surface area (Å²) in [7, 11) is 0. The molecule has 9 nitrogen and oxygen atoms in total.